The normalized spacial score (nSPS) is 39.4. The minimum atomic E-state index is -0.230. The molecule has 2 aliphatic rings. The molecule has 0 bridgehead atoms. The van der Waals surface area contributed by atoms with Crippen molar-refractivity contribution in [2.24, 2.45) is 21.8 Å². The SMILES string of the molecule is C=C[C@@H]1CC[C@@](N=C)(C(=C)C)C[C@H]2C=C(C)CC[C@@]12N=C. The number of aliphatic imine (C=N–C) groups is 2. The lowest BCUT2D eigenvalue weighted by atomic mass is 9.66. The van der Waals surface area contributed by atoms with E-state index in [2.05, 4.69) is 62.6 Å². The fourth-order valence-electron chi connectivity index (χ4n) is 4.26. The molecular weight excluding hydrogens is 256 g/mol. The second-order valence-electron chi connectivity index (χ2n) is 6.82. The van der Waals surface area contributed by atoms with Gasteiger partial charge in [0.2, 0.25) is 0 Å². The average molecular weight is 284 g/mol. The standard InChI is InChI=1S/C19H28N2/c1-7-16-9-10-18(20-5,14(2)3)13-17-12-15(4)8-11-19(16,17)21-6/h7,12,16-17H,1-2,5-6,8-11,13H2,3-4H3/t16-,17-,18+,19-/m1/s1. The van der Waals surface area contributed by atoms with Crippen molar-refractivity contribution in [3.63, 3.8) is 0 Å². The van der Waals surface area contributed by atoms with Gasteiger partial charge in [0.1, 0.15) is 0 Å². The molecule has 21 heavy (non-hydrogen) atoms. The van der Waals surface area contributed by atoms with Crippen LogP contribution in [0.5, 0.6) is 0 Å². The number of hydrogen-bond donors (Lipinski definition) is 0. The van der Waals surface area contributed by atoms with Crippen LogP contribution in [0.1, 0.15) is 46.0 Å². The fraction of sp³-hybridized carbons (Fsp3) is 0.579. The lowest BCUT2D eigenvalue weighted by Gasteiger charge is -2.43. The Morgan fingerprint density at radius 1 is 1.33 bits per heavy atom. The van der Waals surface area contributed by atoms with Gasteiger partial charge in [0, 0.05) is 11.8 Å². The third kappa shape index (κ3) is 2.45. The van der Waals surface area contributed by atoms with Gasteiger partial charge in [-0.2, -0.15) is 0 Å². The van der Waals surface area contributed by atoms with Crippen molar-refractivity contribution < 1.29 is 0 Å². The maximum Gasteiger partial charge on any atom is 0.0811 e. The number of rotatable bonds is 4. The molecule has 0 aromatic carbocycles. The van der Waals surface area contributed by atoms with Crippen LogP contribution < -0.4 is 0 Å². The van der Waals surface area contributed by atoms with E-state index >= 15 is 0 Å². The minimum Gasteiger partial charge on any atom is -0.293 e. The van der Waals surface area contributed by atoms with Crippen LogP contribution in [0.15, 0.2) is 46.4 Å². The molecule has 0 N–H and O–H groups in total. The molecule has 0 aliphatic heterocycles. The third-order valence-electron chi connectivity index (χ3n) is 5.79. The molecule has 0 heterocycles. The molecule has 0 saturated heterocycles. The van der Waals surface area contributed by atoms with Crippen molar-refractivity contribution in [2.75, 3.05) is 0 Å². The first-order valence-corrected chi connectivity index (χ1v) is 7.85. The first-order valence-electron chi connectivity index (χ1n) is 7.85. The van der Waals surface area contributed by atoms with E-state index in [1.807, 2.05) is 0 Å². The molecule has 114 valence electrons. The van der Waals surface area contributed by atoms with Gasteiger partial charge in [-0.3, -0.25) is 9.98 Å². The Bertz CT molecular complexity index is 502. The second-order valence-corrected chi connectivity index (χ2v) is 6.82. The molecule has 2 aliphatic carbocycles. The van der Waals surface area contributed by atoms with E-state index in [4.69, 9.17) is 0 Å². The highest BCUT2D eigenvalue weighted by Gasteiger charge is 2.50. The van der Waals surface area contributed by atoms with Crippen molar-refractivity contribution >= 4 is 13.4 Å². The Morgan fingerprint density at radius 3 is 2.57 bits per heavy atom. The van der Waals surface area contributed by atoms with Crippen LogP contribution in [0.25, 0.3) is 0 Å². The van der Waals surface area contributed by atoms with E-state index in [1.165, 1.54) is 5.57 Å². The summed E-state index contributed by atoms with van der Waals surface area (Å²) in [5, 5.41) is 0. The molecule has 2 nitrogen and oxygen atoms in total. The van der Waals surface area contributed by atoms with Gasteiger partial charge >= 0.3 is 0 Å². The van der Waals surface area contributed by atoms with Crippen molar-refractivity contribution in [3.8, 4) is 0 Å². The summed E-state index contributed by atoms with van der Waals surface area (Å²) in [4.78, 5) is 9.16. The van der Waals surface area contributed by atoms with Gasteiger partial charge in [-0.05, 0) is 59.4 Å². The predicted molar refractivity (Wildman–Crippen MR) is 93.4 cm³/mol. The number of fused-ring (bicyclic) bond motifs is 1. The van der Waals surface area contributed by atoms with E-state index in [9.17, 15) is 0 Å². The average Bonchev–Trinajstić information content (AvgIpc) is 2.61. The maximum absolute atomic E-state index is 4.65. The zero-order chi connectivity index (χ0) is 15.7. The highest BCUT2D eigenvalue weighted by Crippen LogP contribution is 2.52. The van der Waals surface area contributed by atoms with Crippen LogP contribution in [0.4, 0.5) is 0 Å². The molecule has 2 heteroatoms. The zero-order valence-electron chi connectivity index (χ0n) is 13.6. The van der Waals surface area contributed by atoms with Crippen LogP contribution in [0, 0.1) is 11.8 Å². The molecule has 0 unspecified atom stereocenters. The van der Waals surface area contributed by atoms with Gasteiger partial charge in [-0.25, -0.2) is 0 Å². The van der Waals surface area contributed by atoms with Gasteiger partial charge in [-0.15, -0.1) is 6.58 Å². The molecule has 0 aromatic heterocycles. The van der Waals surface area contributed by atoms with E-state index in [0.29, 0.717) is 11.8 Å². The Kier molecular flexibility index (Phi) is 4.36. The summed E-state index contributed by atoms with van der Waals surface area (Å²) < 4.78 is 0. The highest BCUT2D eigenvalue weighted by atomic mass is 14.9. The van der Waals surface area contributed by atoms with Gasteiger partial charge in [0.05, 0.1) is 11.1 Å². The lowest BCUT2D eigenvalue weighted by molar-refractivity contribution is 0.213. The number of allylic oxidation sites excluding steroid dienone is 1. The Hall–Kier alpha value is -1.44. The van der Waals surface area contributed by atoms with Crippen LogP contribution >= 0.6 is 0 Å². The summed E-state index contributed by atoms with van der Waals surface area (Å²) in [5.41, 5.74) is 2.20. The van der Waals surface area contributed by atoms with Crippen LogP contribution in [-0.4, -0.2) is 24.5 Å². The molecule has 0 amide bonds. The number of hydrogen-bond acceptors (Lipinski definition) is 2. The summed E-state index contributed by atoms with van der Waals surface area (Å²) in [6.45, 7) is 20.4. The largest absolute Gasteiger partial charge is 0.293 e. The maximum atomic E-state index is 4.65. The van der Waals surface area contributed by atoms with Crippen LogP contribution in [0.3, 0.4) is 0 Å². The first-order chi connectivity index (χ1) is 9.94. The molecular formula is C19H28N2. The summed E-state index contributed by atoms with van der Waals surface area (Å²) in [5.74, 6) is 0.698. The Balaban J connectivity index is 2.54. The monoisotopic (exact) mass is 284 g/mol. The fourth-order valence-corrected chi connectivity index (χ4v) is 4.26. The quantitative estimate of drug-likeness (QED) is 0.524. The van der Waals surface area contributed by atoms with Crippen molar-refractivity contribution in [2.45, 2.75) is 57.0 Å². The lowest BCUT2D eigenvalue weighted by Crippen LogP contribution is -2.44. The molecule has 0 spiro atoms. The van der Waals surface area contributed by atoms with Crippen molar-refractivity contribution in [1.82, 2.24) is 0 Å². The van der Waals surface area contributed by atoms with Crippen molar-refractivity contribution in [3.05, 3.63) is 36.5 Å². The summed E-state index contributed by atoms with van der Waals surface area (Å²) in [6, 6.07) is 0. The second kappa shape index (κ2) is 5.75. The van der Waals surface area contributed by atoms with Crippen molar-refractivity contribution in [1.29, 1.82) is 0 Å². The minimum absolute atomic E-state index is 0.122. The molecule has 2 rings (SSSR count). The van der Waals surface area contributed by atoms with Crippen LogP contribution in [0.2, 0.25) is 0 Å². The summed E-state index contributed by atoms with van der Waals surface area (Å²) in [7, 11) is 0. The van der Waals surface area contributed by atoms with E-state index in [-0.39, 0.29) is 11.1 Å². The van der Waals surface area contributed by atoms with E-state index in [1.54, 1.807) is 0 Å². The molecule has 0 aromatic rings. The smallest absolute Gasteiger partial charge is 0.0811 e. The highest BCUT2D eigenvalue weighted by molar-refractivity contribution is 5.36. The molecule has 4 atom stereocenters. The van der Waals surface area contributed by atoms with Crippen LogP contribution in [-0.2, 0) is 0 Å². The molecule has 0 radical (unpaired) electrons. The number of nitrogens with zero attached hydrogens (tertiary/aromatic N) is 2. The van der Waals surface area contributed by atoms with E-state index < -0.39 is 0 Å². The Labute approximate surface area is 129 Å². The van der Waals surface area contributed by atoms with Gasteiger partial charge in [0.15, 0.2) is 0 Å². The van der Waals surface area contributed by atoms with Gasteiger partial charge in [0.25, 0.3) is 0 Å². The van der Waals surface area contributed by atoms with Gasteiger partial charge in [-0.1, -0.05) is 29.9 Å². The van der Waals surface area contributed by atoms with Gasteiger partial charge < -0.3 is 0 Å². The zero-order valence-corrected chi connectivity index (χ0v) is 13.6. The molecule has 1 fully saturated rings. The molecule has 1 saturated carbocycles. The summed E-state index contributed by atoms with van der Waals surface area (Å²) in [6.07, 6.45) is 9.56. The summed E-state index contributed by atoms with van der Waals surface area (Å²) >= 11 is 0. The predicted octanol–water partition coefficient (Wildman–Crippen LogP) is 4.78. The van der Waals surface area contributed by atoms with E-state index in [0.717, 1.165) is 37.7 Å². The third-order valence-corrected chi connectivity index (χ3v) is 5.79. The Morgan fingerprint density at radius 2 is 2.05 bits per heavy atom. The topological polar surface area (TPSA) is 24.7 Å². The first kappa shape index (κ1) is 15.9.